The van der Waals surface area contributed by atoms with Gasteiger partial charge in [-0.25, -0.2) is 0 Å². The fourth-order valence-electron chi connectivity index (χ4n) is 0.676. The lowest BCUT2D eigenvalue weighted by atomic mass is 10.0. The summed E-state index contributed by atoms with van der Waals surface area (Å²) in [6.07, 6.45) is 0.688. The van der Waals surface area contributed by atoms with Crippen molar-refractivity contribution in [1.29, 1.82) is 5.41 Å². The molecule has 0 spiro atoms. The summed E-state index contributed by atoms with van der Waals surface area (Å²) in [6.45, 7) is 3.94. The molecule has 0 amide bonds. The van der Waals surface area contributed by atoms with E-state index in [1.165, 1.54) is 0 Å². The number of nitrogens with zero attached hydrogens (tertiary/aromatic N) is 2. The smallest absolute Gasteiger partial charge is 0.145 e. The molecule has 0 bridgehead atoms. The molecule has 0 saturated carbocycles. The van der Waals surface area contributed by atoms with Gasteiger partial charge in [-0.05, 0) is 13.8 Å². The van der Waals surface area contributed by atoms with Crippen LogP contribution in [0.25, 0.3) is 0 Å². The second-order valence-electron chi connectivity index (χ2n) is 2.64. The van der Waals surface area contributed by atoms with Gasteiger partial charge in [-0.2, -0.15) is 5.11 Å². The molecule has 0 unspecified atom stereocenters. The van der Waals surface area contributed by atoms with E-state index in [0.717, 1.165) is 0 Å². The average molecular weight is 111 g/mol. The van der Waals surface area contributed by atoms with Crippen LogP contribution in [0.5, 0.6) is 0 Å². The summed E-state index contributed by atoms with van der Waals surface area (Å²) in [5, 5.41) is 14.5. The number of rotatable bonds is 0. The molecule has 0 radical (unpaired) electrons. The maximum absolute atomic E-state index is 7.04. The van der Waals surface area contributed by atoms with Crippen molar-refractivity contribution in [3.8, 4) is 0 Å². The van der Waals surface area contributed by atoms with Gasteiger partial charge >= 0.3 is 0 Å². The summed E-state index contributed by atoms with van der Waals surface area (Å²) in [7, 11) is 0. The Kier molecular flexibility index (Phi) is 0.927. The molecule has 1 N–H and O–H groups in total. The standard InChI is InChI=1S/C5H9N3/c1-5(2)3-4(6)7-8-5/h6H,3H2,1-2H3. The largest absolute Gasteiger partial charge is 0.285 e. The van der Waals surface area contributed by atoms with Gasteiger partial charge < -0.3 is 0 Å². The van der Waals surface area contributed by atoms with E-state index >= 15 is 0 Å². The zero-order valence-corrected chi connectivity index (χ0v) is 5.10. The van der Waals surface area contributed by atoms with Crippen molar-refractivity contribution in [2.75, 3.05) is 0 Å². The minimum absolute atomic E-state index is 0.100. The predicted molar refractivity (Wildman–Crippen MR) is 31.3 cm³/mol. The first kappa shape index (κ1) is 5.41. The van der Waals surface area contributed by atoms with E-state index in [1.807, 2.05) is 13.8 Å². The lowest BCUT2D eigenvalue weighted by molar-refractivity contribution is 0.551. The SMILES string of the molecule is CC1(C)CC(=N)N=N1. The molecule has 8 heavy (non-hydrogen) atoms. The van der Waals surface area contributed by atoms with E-state index in [9.17, 15) is 0 Å². The quantitative estimate of drug-likeness (QED) is 0.493. The molecule has 1 heterocycles. The Hall–Kier alpha value is -0.730. The molecule has 0 fully saturated rings. The summed E-state index contributed by atoms with van der Waals surface area (Å²) in [5.41, 5.74) is -0.100. The normalized spacial score (nSPS) is 24.5. The van der Waals surface area contributed by atoms with Crippen LogP contribution in [-0.4, -0.2) is 11.4 Å². The molecule has 0 aromatic heterocycles. The Morgan fingerprint density at radius 1 is 1.62 bits per heavy atom. The van der Waals surface area contributed by atoms with E-state index in [2.05, 4.69) is 10.2 Å². The minimum Gasteiger partial charge on any atom is -0.285 e. The molecule has 0 atom stereocenters. The Morgan fingerprint density at radius 2 is 2.25 bits per heavy atom. The van der Waals surface area contributed by atoms with Crippen LogP contribution in [0.15, 0.2) is 10.2 Å². The van der Waals surface area contributed by atoms with Crippen LogP contribution in [0.3, 0.4) is 0 Å². The van der Waals surface area contributed by atoms with E-state index in [1.54, 1.807) is 0 Å². The van der Waals surface area contributed by atoms with Crippen molar-refractivity contribution in [1.82, 2.24) is 0 Å². The molecule has 3 nitrogen and oxygen atoms in total. The Balaban J connectivity index is 2.72. The Labute approximate surface area is 48.3 Å². The van der Waals surface area contributed by atoms with Crippen molar-refractivity contribution >= 4 is 5.84 Å². The van der Waals surface area contributed by atoms with Crippen molar-refractivity contribution < 1.29 is 0 Å². The fraction of sp³-hybridized carbons (Fsp3) is 0.800. The van der Waals surface area contributed by atoms with Gasteiger partial charge in [0.1, 0.15) is 5.84 Å². The van der Waals surface area contributed by atoms with Gasteiger partial charge in [0, 0.05) is 6.42 Å². The Morgan fingerprint density at radius 3 is 2.38 bits per heavy atom. The van der Waals surface area contributed by atoms with Gasteiger partial charge in [0.15, 0.2) is 0 Å². The van der Waals surface area contributed by atoms with E-state index in [4.69, 9.17) is 5.41 Å². The summed E-state index contributed by atoms with van der Waals surface area (Å²) >= 11 is 0. The minimum atomic E-state index is -0.100. The third kappa shape index (κ3) is 0.911. The highest BCUT2D eigenvalue weighted by molar-refractivity contribution is 5.81. The van der Waals surface area contributed by atoms with Gasteiger partial charge in [0.25, 0.3) is 0 Å². The summed E-state index contributed by atoms with van der Waals surface area (Å²) in [4.78, 5) is 0. The molecule has 0 saturated heterocycles. The maximum atomic E-state index is 7.04. The number of azo groups is 1. The number of amidine groups is 1. The van der Waals surface area contributed by atoms with Crippen LogP contribution in [0.1, 0.15) is 20.3 Å². The van der Waals surface area contributed by atoms with Crippen LogP contribution >= 0.6 is 0 Å². The van der Waals surface area contributed by atoms with Gasteiger partial charge in [-0.3, -0.25) is 5.41 Å². The molecule has 0 aliphatic carbocycles. The van der Waals surface area contributed by atoms with Crippen LogP contribution in [0, 0.1) is 5.41 Å². The van der Waals surface area contributed by atoms with E-state index < -0.39 is 0 Å². The molecule has 1 aliphatic rings. The van der Waals surface area contributed by atoms with E-state index in [0.29, 0.717) is 12.3 Å². The first-order valence-corrected chi connectivity index (χ1v) is 2.60. The van der Waals surface area contributed by atoms with Crippen molar-refractivity contribution in [2.24, 2.45) is 10.2 Å². The maximum Gasteiger partial charge on any atom is 0.145 e. The monoisotopic (exact) mass is 111 g/mol. The van der Waals surface area contributed by atoms with Gasteiger partial charge in [0.2, 0.25) is 0 Å². The molecule has 3 heteroatoms. The lowest BCUT2D eigenvalue weighted by Crippen LogP contribution is -2.13. The van der Waals surface area contributed by atoms with Gasteiger partial charge in [-0.1, -0.05) is 0 Å². The summed E-state index contributed by atoms with van der Waals surface area (Å²) in [6, 6.07) is 0. The third-order valence-corrected chi connectivity index (χ3v) is 1.04. The topological polar surface area (TPSA) is 48.6 Å². The number of nitrogens with one attached hydrogen (secondary N) is 1. The second-order valence-corrected chi connectivity index (χ2v) is 2.64. The zero-order valence-electron chi connectivity index (χ0n) is 5.10. The molecular formula is C5H9N3. The highest BCUT2D eigenvalue weighted by atomic mass is 15.2. The number of hydrogen-bond donors (Lipinski definition) is 1. The zero-order chi connectivity index (χ0) is 6.20. The van der Waals surface area contributed by atoms with E-state index in [-0.39, 0.29) is 5.54 Å². The van der Waals surface area contributed by atoms with Gasteiger partial charge in [0.05, 0.1) is 5.54 Å². The lowest BCUT2D eigenvalue weighted by Gasteiger charge is -2.06. The van der Waals surface area contributed by atoms with Crippen LogP contribution < -0.4 is 0 Å². The first-order valence-electron chi connectivity index (χ1n) is 2.60. The Bertz CT molecular complexity index is 146. The van der Waals surface area contributed by atoms with Crippen LogP contribution in [0.2, 0.25) is 0 Å². The fourth-order valence-corrected chi connectivity index (χ4v) is 0.676. The molecular weight excluding hydrogens is 102 g/mol. The van der Waals surface area contributed by atoms with Gasteiger partial charge in [-0.15, -0.1) is 5.11 Å². The predicted octanol–water partition coefficient (Wildman–Crippen LogP) is 1.60. The molecule has 0 aromatic rings. The highest BCUT2D eigenvalue weighted by Gasteiger charge is 2.24. The number of hydrogen-bond acceptors (Lipinski definition) is 2. The van der Waals surface area contributed by atoms with Crippen LogP contribution in [-0.2, 0) is 0 Å². The second kappa shape index (κ2) is 1.37. The van der Waals surface area contributed by atoms with Crippen LogP contribution in [0.4, 0.5) is 0 Å². The summed E-state index contributed by atoms with van der Waals surface area (Å²) < 4.78 is 0. The average Bonchev–Trinajstić information content (AvgIpc) is 1.82. The molecule has 44 valence electrons. The van der Waals surface area contributed by atoms with Crippen molar-refractivity contribution in [2.45, 2.75) is 25.8 Å². The third-order valence-electron chi connectivity index (χ3n) is 1.04. The van der Waals surface area contributed by atoms with Crippen molar-refractivity contribution in [3.63, 3.8) is 0 Å². The van der Waals surface area contributed by atoms with Crippen molar-refractivity contribution in [3.05, 3.63) is 0 Å². The molecule has 0 aromatic carbocycles. The molecule has 1 rings (SSSR count). The summed E-state index contributed by atoms with van der Waals surface area (Å²) in [5.74, 6) is 0.398. The molecule has 1 aliphatic heterocycles. The first-order chi connectivity index (χ1) is 3.60. The highest BCUT2D eigenvalue weighted by Crippen LogP contribution is 2.21.